The van der Waals surface area contributed by atoms with Crippen LogP contribution in [-0.4, -0.2) is 23.3 Å². The molecule has 0 bridgehead atoms. The van der Waals surface area contributed by atoms with Gasteiger partial charge in [-0.15, -0.1) is 0 Å². The van der Waals surface area contributed by atoms with Crippen LogP contribution in [0.2, 0.25) is 0 Å². The van der Waals surface area contributed by atoms with Gasteiger partial charge in [0.25, 0.3) is 5.69 Å². The van der Waals surface area contributed by atoms with Crippen molar-refractivity contribution in [2.24, 2.45) is 5.92 Å². The van der Waals surface area contributed by atoms with E-state index in [1.165, 1.54) is 41.3 Å². The molecule has 0 saturated carbocycles. The number of carbonyl (C=O) groups is 2. The molecule has 2 aromatic carbocycles. The maximum Gasteiger partial charge on any atom is 0.292 e. The number of anilines is 2. The van der Waals surface area contributed by atoms with Gasteiger partial charge in [-0.1, -0.05) is 24.3 Å². The second-order valence-corrected chi connectivity index (χ2v) is 5.62. The van der Waals surface area contributed by atoms with E-state index in [4.69, 9.17) is 0 Å². The van der Waals surface area contributed by atoms with Crippen LogP contribution in [0.5, 0.6) is 0 Å². The third-order valence-electron chi connectivity index (χ3n) is 4.00. The fourth-order valence-corrected chi connectivity index (χ4v) is 2.76. The van der Waals surface area contributed by atoms with Crippen molar-refractivity contribution in [1.29, 1.82) is 0 Å². The fourth-order valence-electron chi connectivity index (χ4n) is 2.76. The topological polar surface area (TPSA) is 92.5 Å². The predicted molar refractivity (Wildman–Crippen MR) is 88.6 cm³/mol. The van der Waals surface area contributed by atoms with E-state index < -0.39 is 22.6 Å². The first-order valence-electron chi connectivity index (χ1n) is 7.56. The molecule has 2 amide bonds. The molecule has 1 fully saturated rings. The molecule has 25 heavy (non-hydrogen) atoms. The van der Waals surface area contributed by atoms with Gasteiger partial charge in [-0.2, -0.15) is 0 Å². The maximum absolute atomic E-state index is 13.9. The number of nitro benzene ring substituents is 1. The third kappa shape index (κ3) is 3.32. The fraction of sp³-hybridized carbons (Fsp3) is 0.176. The predicted octanol–water partition coefficient (Wildman–Crippen LogP) is 2.73. The summed E-state index contributed by atoms with van der Waals surface area (Å²) < 4.78 is 13.9. The van der Waals surface area contributed by atoms with Crippen LogP contribution in [0.3, 0.4) is 0 Å². The van der Waals surface area contributed by atoms with Gasteiger partial charge in [0, 0.05) is 19.0 Å². The molecule has 1 saturated heterocycles. The highest BCUT2D eigenvalue weighted by Gasteiger charge is 2.36. The summed E-state index contributed by atoms with van der Waals surface area (Å²) in [5.74, 6) is -2.14. The van der Waals surface area contributed by atoms with Crippen LogP contribution in [0.4, 0.5) is 21.5 Å². The Morgan fingerprint density at radius 2 is 1.88 bits per heavy atom. The van der Waals surface area contributed by atoms with E-state index in [0.717, 1.165) is 0 Å². The van der Waals surface area contributed by atoms with Gasteiger partial charge in [-0.05, 0) is 18.2 Å². The van der Waals surface area contributed by atoms with Gasteiger partial charge in [-0.3, -0.25) is 19.7 Å². The molecule has 0 aliphatic carbocycles. The number of halogens is 1. The van der Waals surface area contributed by atoms with Gasteiger partial charge < -0.3 is 10.2 Å². The van der Waals surface area contributed by atoms with Crippen molar-refractivity contribution in [1.82, 2.24) is 0 Å². The minimum Gasteiger partial charge on any atom is -0.320 e. The van der Waals surface area contributed by atoms with Crippen molar-refractivity contribution in [3.63, 3.8) is 0 Å². The summed E-state index contributed by atoms with van der Waals surface area (Å²) in [6.07, 6.45) is -0.0825. The summed E-state index contributed by atoms with van der Waals surface area (Å²) in [6.45, 7) is 0.0201. The molecule has 1 N–H and O–H groups in total. The zero-order valence-electron chi connectivity index (χ0n) is 13.0. The Kier molecular flexibility index (Phi) is 4.42. The number of hydrogen-bond donors (Lipinski definition) is 1. The van der Waals surface area contributed by atoms with Gasteiger partial charge in [0.15, 0.2) is 0 Å². The van der Waals surface area contributed by atoms with Gasteiger partial charge in [0.2, 0.25) is 11.8 Å². The van der Waals surface area contributed by atoms with Crippen LogP contribution >= 0.6 is 0 Å². The highest BCUT2D eigenvalue weighted by atomic mass is 19.1. The molecule has 128 valence electrons. The molecule has 8 heteroatoms. The summed E-state index contributed by atoms with van der Waals surface area (Å²) in [5, 5.41) is 13.5. The number of nitro groups is 1. The molecular formula is C17H14FN3O4. The van der Waals surface area contributed by atoms with Crippen LogP contribution in [0.1, 0.15) is 6.42 Å². The number of nitrogens with zero attached hydrogens (tertiary/aromatic N) is 2. The second kappa shape index (κ2) is 6.68. The molecule has 3 rings (SSSR count). The van der Waals surface area contributed by atoms with Crippen molar-refractivity contribution < 1.29 is 18.9 Å². The lowest BCUT2D eigenvalue weighted by Gasteiger charge is -2.17. The van der Waals surface area contributed by atoms with E-state index in [1.54, 1.807) is 12.1 Å². The Labute approximate surface area is 142 Å². The number of carbonyl (C=O) groups excluding carboxylic acids is 2. The molecule has 1 aliphatic heterocycles. The van der Waals surface area contributed by atoms with Crippen molar-refractivity contribution in [2.45, 2.75) is 6.42 Å². The average molecular weight is 343 g/mol. The van der Waals surface area contributed by atoms with E-state index in [0.29, 0.717) is 0 Å². The summed E-state index contributed by atoms with van der Waals surface area (Å²) in [5.41, 5.74) is -0.0473. The largest absolute Gasteiger partial charge is 0.320 e. The van der Waals surface area contributed by atoms with Gasteiger partial charge in [-0.25, -0.2) is 4.39 Å². The first-order valence-corrected chi connectivity index (χ1v) is 7.56. The van der Waals surface area contributed by atoms with Crippen molar-refractivity contribution >= 4 is 28.9 Å². The molecule has 1 unspecified atom stereocenters. The number of benzene rings is 2. The number of nitrogens with one attached hydrogen (secondary N) is 1. The normalized spacial score (nSPS) is 16.8. The Bertz CT molecular complexity index is 855. The zero-order valence-corrected chi connectivity index (χ0v) is 13.0. The number of hydrogen-bond acceptors (Lipinski definition) is 4. The molecule has 1 heterocycles. The SMILES string of the molecule is O=C(Nc1ccccc1[N+](=O)[O-])C1CC(=O)N(c2ccccc2F)C1. The molecule has 1 atom stereocenters. The monoisotopic (exact) mass is 343 g/mol. The minimum atomic E-state index is -0.716. The Hall–Kier alpha value is -3.29. The van der Waals surface area contributed by atoms with E-state index >= 15 is 0 Å². The van der Waals surface area contributed by atoms with Crippen molar-refractivity contribution in [2.75, 3.05) is 16.8 Å². The van der Waals surface area contributed by atoms with Crippen LogP contribution in [-0.2, 0) is 9.59 Å². The molecule has 0 spiro atoms. The van der Waals surface area contributed by atoms with E-state index in [9.17, 15) is 24.1 Å². The zero-order chi connectivity index (χ0) is 18.0. The molecule has 1 aliphatic rings. The quantitative estimate of drug-likeness (QED) is 0.682. The van der Waals surface area contributed by atoms with Crippen molar-refractivity contribution in [3.05, 3.63) is 64.5 Å². The van der Waals surface area contributed by atoms with Crippen LogP contribution < -0.4 is 10.2 Å². The van der Waals surface area contributed by atoms with Gasteiger partial charge in [0.05, 0.1) is 16.5 Å². The van der Waals surface area contributed by atoms with Gasteiger partial charge in [0.1, 0.15) is 11.5 Å². The Morgan fingerprint density at radius 3 is 2.60 bits per heavy atom. The minimum absolute atomic E-state index is 0.0201. The van der Waals surface area contributed by atoms with Crippen LogP contribution in [0.15, 0.2) is 48.5 Å². The number of para-hydroxylation sites is 3. The molecular weight excluding hydrogens is 329 g/mol. The molecule has 0 radical (unpaired) electrons. The Morgan fingerprint density at radius 1 is 1.20 bits per heavy atom. The van der Waals surface area contributed by atoms with Crippen LogP contribution in [0, 0.1) is 21.8 Å². The van der Waals surface area contributed by atoms with Gasteiger partial charge >= 0.3 is 0 Å². The average Bonchev–Trinajstić information content (AvgIpc) is 2.97. The van der Waals surface area contributed by atoms with E-state index in [1.807, 2.05) is 0 Å². The standard InChI is InChI=1S/C17H14FN3O4/c18-12-5-1-3-7-14(12)20-10-11(9-16(20)22)17(23)19-13-6-2-4-8-15(13)21(24)25/h1-8,11H,9-10H2,(H,19,23). The highest BCUT2D eigenvalue weighted by molar-refractivity contribution is 6.04. The number of amides is 2. The maximum atomic E-state index is 13.9. The second-order valence-electron chi connectivity index (χ2n) is 5.62. The van der Waals surface area contributed by atoms with Crippen molar-refractivity contribution in [3.8, 4) is 0 Å². The molecule has 2 aromatic rings. The third-order valence-corrected chi connectivity index (χ3v) is 4.00. The number of rotatable bonds is 4. The van der Waals surface area contributed by atoms with Crippen LogP contribution in [0.25, 0.3) is 0 Å². The molecule has 7 nitrogen and oxygen atoms in total. The summed E-state index contributed by atoms with van der Waals surface area (Å²) in [4.78, 5) is 36.2. The lowest BCUT2D eigenvalue weighted by Crippen LogP contribution is -2.28. The lowest BCUT2D eigenvalue weighted by molar-refractivity contribution is -0.383. The summed E-state index contributed by atoms with van der Waals surface area (Å²) in [7, 11) is 0. The summed E-state index contributed by atoms with van der Waals surface area (Å²) >= 11 is 0. The van der Waals surface area contributed by atoms with E-state index in [2.05, 4.69) is 5.32 Å². The first kappa shape index (κ1) is 16.6. The summed E-state index contributed by atoms with van der Waals surface area (Å²) in [6, 6.07) is 11.6. The molecule has 0 aromatic heterocycles. The highest BCUT2D eigenvalue weighted by Crippen LogP contribution is 2.29. The lowest BCUT2D eigenvalue weighted by atomic mass is 10.1. The van der Waals surface area contributed by atoms with E-state index in [-0.39, 0.29) is 35.9 Å². The smallest absolute Gasteiger partial charge is 0.292 e. The first-order chi connectivity index (χ1) is 12.0. The Balaban J connectivity index is 1.76.